The van der Waals surface area contributed by atoms with Crippen molar-refractivity contribution in [2.75, 3.05) is 19.7 Å². The molecule has 3 heterocycles. The van der Waals surface area contributed by atoms with Gasteiger partial charge in [0, 0.05) is 29.2 Å². The Bertz CT molecular complexity index is 1230. The van der Waals surface area contributed by atoms with Gasteiger partial charge in [0.2, 0.25) is 0 Å². The SMILES string of the molecule is O=C(NN1CCCC1)c1nn(-c2ccc(Cl)cc2Cl)c2c1COCC2=Cc1ccc(F)cc1. The van der Waals surface area contributed by atoms with Gasteiger partial charge in [0.25, 0.3) is 5.91 Å². The van der Waals surface area contributed by atoms with Gasteiger partial charge in [0.15, 0.2) is 5.69 Å². The van der Waals surface area contributed by atoms with Gasteiger partial charge in [-0.2, -0.15) is 5.10 Å². The third-order valence-electron chi connectivity index (χ3n) is 5.72. The van der Waals surface area contributed by atoms with Crippen molar-refractivity contribution in [2.45, 2.75) is 19.4 Å². The molecular weight excluding hydrogens is 466 g/mol. The molecule has 0 radical (unpaired) electrons. The molecule has 170 valence electrons. The Morgan fingerprint density at radius 2 is 1.85 bits per heavy atom. The molecule has 0 saturated carbocycles. The highest BCUT2D eigenvalue weighted by atomic mass is 35.5. The standard InChI is InChI=1S/C24H21Cl2FN4O2/c25-17-5-8-21(20(26)12-17)31-23-16(11-15-3-6-18(27)7-4-15)13-33-14-19(23)22(28-31)24(32)29-30-9-1-2-10-30/h3-8,11-12H,1-2,9-10,13-14H2,(H,29,32). The van der Waals surface area contributed by atoms with Crippen LogP contribution in [0, 0.1) is 5.82 Å². The molecule has 0 atom stereocenters. The molecule has 1 amide bonds. The van der Waals surface area contributed by atoms with Gasteiger partial charge >= 0.3 is 0 Å². The van der Waals surface area contributed by atoms with Crippen LogP contribution in [0.4, 0.5) is 4.39 Å². The van der Waals surface area contributed by atoms with Crippen LogP contribution in [0.15, 0.2) is 42.5 Å². The maximum Gasteiger partial charge on any atom is 0.286 e. The zero-order valence-corrected chi connectivity index (χ0v) is 19.2. The minimum Gasteiger partial charge on any atom is -0.372 e. The molecule has 2 aliphatic rings. The molecule has 0 aliphatic carbocycles. The number of halogens is 3. The number of ether oxygens (including phenoxy) is 1. The number of benzene rings is 2. The Morgan fingerprint density at radius 1 is 1.09 bits per heavy atom. The van der Waals surface area contributed by atoms with Gasteiger partial charge in [-0.25, -0.2) is 14.1 Å². The Hall–Kier alpha value is -2.71. The van der Waals surface area contributed by atoms with Crippen molar-refractivity contribution >= 4 is 40.8 Å². The first kappa shape index (κ1) is 22.1. The van der Waals surface area contributed by atoms with Gasteiger partial charge in [-0.15, -0.1) is 0 Å². The number of rotatable bonds is 4. The lowest BCUT2D eigenvalue weighted by Crippen LogP contribution is -2.40. The maximum atomic E-state index is 13.4. The van der Waals surface area contributed by atoms with Crippen molar-refractivity contribution in [1.29, 1.82) is 0 Å². The van der Waals surface area contributed by atoms with E-state index in [-0.39, 0.29) is 24.0 Å². The number of nitrogens with one attached hydrogen (secondary N) is 1. The normalized spacial score (nSPS) is 17.4. The number of fused-ring (bicyclic) bond motifs is 1. The molecule has 3 aromatic rings. The number of amides is 1. The minimum absolute atomic E-state index is 0.240. The van der Waals surface area contributed by atoms with Crippen LogP contribution < -0.4 is 5.43 Å². The molecule has 1 N–H and O–H groups in total. The molecule has 2 aromatic carbocycles. The highest BCUT2D eigenvalue weighted by Crippen LogP contribution is 2.34. The number of hydrogen-bond acceptors (Lipinski definition) is 4. The Morgan fingerprint density at radius 3 is 2.58 bits per heavy atom. The number of aromatic nitrogens is 2. The van der Waals surface area contributed by atoms with Crippen LogP contribution in [0.25, 0.3) is 17.3 Å². The highest BCUT2D eigenvalue weighted by Gasteiger charge is 2.30. The van der Waals surface area contributed by atoms with E-state index in [0.29, 0.717) is 27.9 Å². The van der Waals surface area contributed by atoms with Crippen molar-refractivity contribution in [3.8, 4) is 5.69 Å². The second kappa shape index (κ2) is 9.27. The summed E-state index contributed by atoms with van der Waals surface area (Å²) in [6.45, 7) is 2.17. The molecule has 0 unspecified atom stereocenters. The molecular formula is C24H21Cl2FN4O2. The van der Waals surface area contributed by atoms with E-state index in [1.807, 2.05) is 11.1 Å². The van der Waals surface area contributed by atoms with E-state index in [1.165, 1.54) is 12.1 Å². The smallest absolute Gasteiger partial charge is 0.286 e. The maximum absolute atomic E-state index is 13.4. The fourth-order valence-electron chi connectivity index (χ4n) is 4.15. The first-order valence-corrected chi connectivity index (χ1v) is 11.4. The summed E-state index contributed by atoms with van der Waals surface area (Å²) in [6.07, 6.45) is 3.99. The van der Waals surface area contributed by atoms with E-state index in [2.05, 4.69) is 10.5 Å². The fourth-order valence-corrected chi connectivity index (χ4v) is 4.64. The summed E-state index contributed by atoms with van der Waals surface area (Å²) in [5.41, 5.74) is 6.87. The Labute approximate surface area is 200 Å². The van der Waals surface area contributed by atoms with Crippen molar-refractivity contribution in [1.82, 2.24) is 20.2 Å². The van der Waals surface area contributed by atoms with E-state index < -0.39 is 0 Å². The molecule has 2 aliphatic heterocycles. The highest BCUT2D eigenvalue weighted by molar-refractivity contribution is 6.35. The summed E-state index contributed by atoms with van der Waals surface area (Å²) >= 11 is 12.6. The Kier molecular flexibility index (Phi) is 6.21. The first-order valence-electron chi connectivity index (χ1n) is 10.7. The molecule has 0 spiro atoms. The lowest BCUT2D eigenvalue weighted by Gasteiger charge is -2.20. The number of hydrogen-bond donors (Lipinski definition) is 1. The van der Waals surface area contributed by atoms with Crippen LogP contribution in [0.3, 0.4) is 0 Å². The number of carbonyl (C=O) groups is 1. The van der Waals surface area contributed by atoms with E-state index >= 15 is 0 Å². The lowest BCUT2D eigenvalue weighted by molar-refractivity contribution is 0.0813. The molecule has 0 bridgehead atoms. The predicted molar refractivity (Wildman–Crippen MR) is 126 cm³/mol. The van der Waals surface area contributed by atoms with Crippen molar-refractivity contribution in [2.24, 2.45) is 0 Å². The van der Waals surface area contributed by atoms with Gasteiger partial charge in [-0.3, -0.25) is 10.2 Å². The van der Waals surface area contributed by atoms with E-state index in [1.54, 1.807) is 35.0 Å². The van der Waals surface area contributed by atoms with Crippen molar-refractivity contribution in [3.63, 3.8) is 0 Å². The molecule has 33 heavy (non-hydrogen) atoms. The van der Waals surface area contributed by atoms with Gasteiger partial charge in [0.05, 0.1) is 29.6 Å². The van der Waals surface area contributed by atoms with Gasteiger partial charge < -0.3 is 4.74 Å². The third kappa shape index (κ3) is 4.54. The molecule has 1 fully saturated rings. The van der Waals surface area contributed by atoms with Crippen molar-refractivity contribution in [3.05, 3.63) is 80.8 Å². The van der Waals surface area contributed by atoms with E-state index in [4.69, 9.17) is 27.9 Å². The molecule has 1 saturated heterocycles. The summed E-state index contributed by atoms with van der Waals surface area (Å²) in [5, 5.41) is 7.49. The largest absolute Gasteiger partial charge is 0.372 e. The summed E-state index contributed by atoms with van der Waals surface area (Å²) in [4.78, 5) is 13.2. The van der Waals surface area contributed by atoms with Crippen LogP contribution in [-0.4, -0.2) is 40.4 Å². The second-order valence-corrected chi connectivity index (χ2v) is 8.88. The van der Waals surface area contributed by atoms with Crippen LogP contribution in [0.1, 0.15) is 40.2 Å². The minimum atomic E-state index is -0.309. The van der Waals surface area contributed by atoms with Crippen LogP contribution >= 0.6 is 23.2 Å². The molecule has 5 rings (SSSR count). The monoisotopic (exact) mass is 486 g/mol. The zero-order valence-electron chi connectivity index (χ0n) is 17.7. The lowest BCUT2D eigenvalue weighted by atomic mass is 10.0. The van der Waals surface area contributed by atoms with Crippen molar-refractivity contribution < 1.29 is 13.9 Å². The number of hydrazine groups is 1. The van der Waals surface area contributed by atoms with Crippen LogP contribution in [0.5, 0.6) is 0 Å². The number of carbonyl (C=O) groups excluding carboxylic acids is 1. The Balaban J connectivity index is 1.63. The predicted octanol–water partition coefficient (Wildman–Crippen LogP) is 5.13. The molecule has 9 heteroatoms. The number of nitrogens with zero attached hydrogens (tertiary/aromatic N) is 3. The summed E-state index contributed by atoms with van der Waals surface area (Å²) in [7, 11) is 0. The third-order valence-corrected chi connectivity index (χ3v) is 6.26. The first-order chi connectivity index (χ1) is 16.0. The van der Waals surface area contributed by atoms with E-state index in [0.717, 1.165) is 42.8 Å². The second-order valence-electron chi connectivity index (χ2n) is 8.03. The van der Waals surface area contributed by atoms with Crippen LogP contribution in [0.2, 0.25) is 10.0 Å². The topological polar surface area (TPSA) is 59.4 Å². The average Bonchev–Trinajstić information content (AvgIpc) is 3.44. The summed E-state index contributed by atoms with van der Waals surface area (Å²) in [6, 6.07) is 11.3. The van der Waals surface area contributed by atoms with Gasteiger partial charge in [0.1, 0.15) is 5.82 Å². The van der Waals surface area contributed by atoms with Gasteiger partial charge in [-0.05, 0) is 54.8 Å². The fraction of sp³-hybridized carbons (Fsp3) is 0.250. The molecule has 1 aromatic heterocycles. The van der Waals surface area contributed by atoms with E-state index in [9.17, 15) is 9.18 Å². The molecule has 6 nitrogen and oxygen atoms in total. The quantitative estimate of drug-likeness (QED) is 0.555. The zero-order chi connectivity index (χ0) is 22.9. The summed E-state index contributed by atoms with van der Waals surface area (Å²) in [5.74, 6) is -0.597. The van der Waals surface area contributed by atoms with Gasteiger partial charge in [-0.1, -0.05) is 35.3 Å². The average molecular weight is 487 g/mol. The summed E-state index contributed by atoms with van der Waals surface area (Å²) < 4.78 is 20.9. The van der Waals surface area contributed by atoms with Crippen LogP contribution in [-0.2, 0) is 11.3 Å².